The lowest BCUT2D eigenvalue weighted by Crippen LogP contribution is -2.46. The first-order chi connectivity index (χ1) is 15.1. The molecule has 2 saturated heterocycles. The van der Waals surface area contributed by atoms with Crippen molar-refractivity contribution < 1.29 is 24.3 Å². The van der Waals surface area contributed by atoms with Crippen LogP contribution in [0.15, 0.2) is 12.4 Å². The zero-order valence-electron chi connectivity index (χ0n) is 19.5. The minimum absolute atomic E-state index is 0.383. The second-order valence-electron chi connectivity index (χ2n) is 10.3. The summed E-state index contributed by atoms with van der Waals surface area (Å²) >= 11 is 0. The van der Waals surface area contributed by atoms with Crippen LogP contribution >= 0.6 is 0 Å². The Balaban J connectivity index is 1.37. The molecule has 2 N–H and O–H groups in total. The van der Waals surface area contributed by atoms with Crippen LogP contribution < -0.4 is 10.4 Å². The predicted octanol–water partition coefficient (Wildman–Crippen LogP) is 0.336. The van der Waals surface area contributed by atoms with Crippen LogP contribution in [0.25, 0.3) is 0 Å². The van der Waals surface area contributed by atoms with Crippen LogP contribution in [-0.4, -0.2) is 87.7 Å². The summed E-state index contributed by atoms with van der Waals surface area (Å²) in [5.74, 6) is 0.769. The number of hydrogen-bond donors (Lipinski definition) is 2. The summed E-state index contributed by atoms with van der Waals surface area (Å²) in [6.45, 7) is 9.63. The first kappa shape index (κ1) is 23.4. The Kier molecular flexibility index (Phi) is 6.51. The molecule has 1 unspecified atom stereocenters. The second kappa shape index (κ2) is 8.89. The molecule has 0 aromatic carbocycles. The summed E-state index contributed by atoms with van der Waals surface area (Å²) in [6.07, 6.45) is 6.29. The van der Waals surface area contributed by atoms with E-state index in [1.807, 2.05) is 27.7 Å². The zero-order valence-corrected chi connectivity index (χ0v) is 19.5. The molecule has 1 saturated carbocycles. The van der Waals surface area contributed by atoms with E-state index in [1.165, 1.54) is 0 Å². The van der Waals surface area contributed by atoms with Gasteiger partial charge in [-0.1, -0.05) is 0 Å². The largest absolute Gasteiger partial charge is 0.498 e. The van der Waals surface area contributed by atoms with E-state index in [1.54, 1.807) is 17.3 Å². The maximum absolute atomic E-state index is 12.1. The summed E-state index contributed by atoms with van der Waals surface area (Å²) in [7, 11) is -0.473. The molecule has 10 heteroatoms. The molecule has 0 radical (unpaired) electrons. The molecule has 3 aliphatic rings. The highest BCUT2D eigenvalue weighted by atomic mass is 16.7. The molecule has 4 rings (SSSR count). The van der Waals surface area contributed by atoms with Crippen molar-refractivity contribution in [1.82, 2.24) is 14.9 Å². The number of piperidine rings is 1. The van der Waals surface area contributed by atoms with Gasteiger partial charge in [0.1, 0.15) is 0 Å². The van der Waals surface area contributed by atoms with Crippen LogP contribution in [0.2, 0.25) is 0 Å². The minimum Gasteiger partial charge on any atom is -0.399 e. The quantitative estimate of drug-likeness (QED) is 0.578. The molecule has 9 nitrogen and oxygen atoms in total. The van der Waals surface area contributed by atoms with Gasteiger partial charge < -0.3 is 29.3 Å². The Morgan fingerprint density at radius 2 is 1.72 bits per heavy atom. The average molecular weight is 446 g/mol. The highest BCUT2D eigenvalue weighted by Crippen LogP contribution is 2.36. The Bertz CT molecular complexity index is 793. The fourth-order valence-corrected chi connectivity index (χ4v) is 4.26. The summed E-state index contributed by atoms with van der Waals surface area (Å²) in [6, 6.07) is 0.466. The van der Waals surface area contributed by atoms with Gasteiger partial charge in [0.25, 0.3) is 5.91 Å². The van der Waals surface area contributed by atoms with Crippen LogP contribution in [0, 0.1) is 5.92 Å². The molecule has 3 fully saturated rings. The summed E-state index contributed by atoms with van der Waals surface area (Å²) < 4.78 is 12.2. The van der Waals surface area contributed by atoms with E-state index in [2.05, 4.69) is 14.9 Å². The van der Waals surface area contributed by atoms with Gasteiger partial charge in [-0.2, -0.15) is 0 Å². The van der Waals surface area contributed by atoms with Gasteiger partial charge in [0.2, 0.25) is 5.95 Å². The minimum atomic E-state index is -1.31. The third kappa shape index (κ3) is 4.78. The van der Waals surface area contributed by atoms with E-state index in [0.717, 1.165) is 43.6 Å². The predicted molar refractivity (Wildman–Crippen MR) is 121 cm³/mol. The van der Waals surface area contributed by atoms with Crippen molar-refractivity contribution in [2.45, 2.75) is 76.7 Å². The smallest absolute Gasteiger partial charge is 0.399 e. The Morgan fingerprint density at radius 3 is 2.22 bits per heavy atom. The highest BCUT2D eigenvalue weighted by Gasteiger charge is 2.52. The third-order valence-corrected chi connectivity index (χ3v) is 7.27. The first-order valence-corrected chi connectivity index (χ1v) is 11.6. The van der Waals surface area contributed by atoms with Crippen molar-refractivity contribution in [2.75, 3.05) is 31.1 Å². The number of carbonyl (C=O) groups excluding carboxylic acids is 1. The lowest BCUT2D eigenvalue weighted by molar-refractivity contribution is -0.143. The fraction of sp³-hybridized carbons (Fsp3) is 0.773. The molecule has 176 valence electrons. The highest BCUT2D eigenvalue weighted by molar-refractivity contribution is 6.61. The van der Waals surface area contributed by atoms with Crippen LogP contribution in [-0.2, 0) is 14.1 Å². The number of anilines is 1. The Labute approximate surface area is 190 Å². The van der Waals surface area contributed by atoms with Gasteiger partial charge >= 0.3 is 7.12 Å². The van der Waals surface area contributed by atoms with Crippen molar-refractivity contribution in [2.24, 2.45) is 5.92 Å². The average Bonchev–Trinajstić information content (AvgIpc) is 3.58. The Hall–Kier alpha value is -1.75. The molecule has 32 heavy (non-hydrogen) atoms. The number of nitrogens with zero attached hydrogens (tertiary/aromatic N) is 4. The normalized spacial score (nSPS) is 23.9. The van der Waals surface area contributed by atoms with Gasteiger partial charge in [0.15, 0.2) is 6.10 Å². The topological polar surface area (TPSA) is 108 Å². The van der Waals surface area contributed by atoms with Crippen LogP contribution in [0.5, 0.6) is 0 Å². The van der Waals surface area contributed by atoms with Gasteiger partial charge in [0.05, 0.1) is 17.8 Å². The molecule has 3 heterocycles. The third-order valence-electron chi connectivity index (χ3n) is 7.27. The number of hydrogen-bond acceptors (Lipinski definition) is 8. The van der Waals surface area contributed by atoms with E-state index >= 15 is 0 Å². The van der Waals surface area contributed by atoms with Gasteiger partial charge in [-0.3, -0.25) is 4.79 Å². The molecule has 0 bridgehead atoms. The summed E-state index contributed by atoms with van der Waals surface area (Å²) in [5, 5.41) is 18.6. The lowest BCUT2D eigenvalue weighted by atomic mass is 9.81. The van der Waals surface area contributed by atoms with Crippen LogP contribution in [0.3, 0.4) is 0 Å². The molecule has 2 aliphatic heterocycles. The van der Waals surface area contributed by atoms with Gasteiger partial charge in [-0.25, -0.2) is 9.97 Å². The molecule has 0 spiro atoms. The molecule has 1 aromatic heterocycles. The van der Waals surface area contributed by atoms with Crippen molar-refractivity contribution in [1.29, 1.82) is 0 Å². The molecular formula is C22H35BN4O5. The number of rotatable bonds is 7. The number of aliphatic hydroxyl groups excluding tert-OH is 2. The van der Waals surface area contributed by atoms with E-state index in [-0.39, 0.29) is 5.91 Å². The molecule has 1 aliphatic carbocycles. The summed E-state index contributed by atoms with van der Waals surface area (Å²) in [5.41, 5.74) is 0.0112. The molecule has 1 amide bonds. The zero-order chi connectivity index (χ0) is 23.1. The molecular weight excluding hydrogens is 411 g/mol. The molecule has 1 aromatic rings. The van der Waals surface area contributed by atoms with E-state index in [4.69, 9.17) is 14.4 Å². The maximum Gasteiger partial charge on any atom is 0.498 e. The van der Waals surface area contributed by atoms with E-state index < -0.39 is 31.0 Å². The van der Waals surface area contributed by atoms with Crippen LogP contribution in [0.4, 0.5) is 5.95 Å². The van der Waals surface area contributed by atoms with Crippen molar-refractivity contribution in [3.8, 4) is 0 Å². The summed E-state index contributed by atoms with van der Waals surface area (Å²) in [4.78, 5) is 25.3. The monoisotopic (exact) mass is 446 g/mol. The van der Waals surface area contributed by atoms with E-state index in [9.17, 15) is 9.90 Å². The van der Waals surface area contributed by atoms with Crippen molar-refractivity contribution in [3.05, 3.63) is 12.4 Å². The number of likely N-dealkylation sites (tertiary alicyclic amines) is 1. The SMILES string of the molecule is CC1(C)OB(c2cnc(N(CC3CCN(C(=O)C(O)CO)CC3)C3CC3)nc2)OC1(C)C. The lowest BCUT2D eigenvalue weighted by Gasteiger charge is -2.35. The number of carbonyl (C=O) groups is 1. The second-order valence-corrected chi connectivity index (χ2v) is 10.3. The number of aromatic nitrogens is 2. The Morgan fingerprint density at radius 1 is 1.16 bits per heavy atom. The number of amides is 1. The molecule has 1 atom stereocenters. The standard InChI is InChI=1S/C22H35BN4O5/c1-21(2)22(3,4)32-23(31-21)16-11-24-20(25-12-16)27(17-5-6-17)13-15-7-9-26(10-8-15)19(30)18(29)14-28/h11-12,15,17-18,28-29H,5-10,13-14H2,1-4H3. The number of aliphatic hydroxyl groups is 2. The van der Waals surface area contributed by atoms with Crippen LogP contribution in [0.1, 0.15) is 53.4 Å². The van der Waals surface area contributed by atoms with Gasteiger partial charge in [-0.15, -0.1) is 0 Å². The van der Waals surface area contributed by atoms with Crippen molar-refractivity contribution >= 4 is 24.4 Å². The van der Waals surface area contributed by atoms with Gasteiger partial charge in [-0.05, 0) is 59.3 Å². The van der Waals surface area contributed by atoms with E-state index in [0.29, 0.717) is 25.0 Å². The van der Waals surface area contributed by atoms with Crippen molar-refractivity contribution in [3.63, 3.8) is 0 Å². The first-order valence-electron chi connectivity index (χ1n) is 11.6. The fourth-order valence-electron chi connectivity index (χ4n) is 4.26. The maximum atomic E-state index is 12.1. The van der Waals surface area contributed by atoms with Gasteiger partial charge in [0, 0.05) is 43.5 Å².